The van der Waals surface area contributed by atoms with Crippen LogP contribution in [0.25, 0.3) is 11.4 Å². The summed E-state index contributed by atoms with van der Waals surface area (Å²) < 4.78 is 4.03. The molecule has 0 atom stereocenters. The Morgan fingerprint density at radius 2 is 2.35 bits per heavy atom. The predicted molar refractivity (Wildman–Crippen MR) is 82.5 cm³/mol. The van der Waals surface area contributed by atoms with Crippen LogP contribution in [0.1, 0.15) is 28.6 Å². The maximum atomic E-state index is 12.3. The zero-order chi connectivity index (χ0) is 15.8. The Labute approximate surface area is 132 Å². The molecule has 0 unspecified atom stereocenters. The molecule has 8 heteroatoms. The van der Waals surface area contributed by atoms with Gasteiger partial charge in [-0.1, -0.05) is 0 Å². The zero-order valence-electron chi connectivity index (χ0n) is 12.8. The molecule has 0 fully saturated rings. The molecule has 23 heavy (non-hydrogen) atoms. The van der Waals surface area contributed by atoms with E-state index in [0.29, 0.717) is 12.2 Å². The minimum atomic E-state index is -0.201. The Hall–Kier alpha value is -2.90. The van der Waals surface area contributed by atoms with Gasteiger partial charge in [-0.25, -0.2) is 0 Å². The highest BCUT2D eigenvalue weighted by molar-refractivity contribution is 5.93. The molecule has 1 amide bonds. The minimum Gasteiger partial charge on any atom is -0.349 e. The summed E-state index contributed by atoms with van der Waals surface area (Å²) in [4.78, 5) is 12.3. The van der Waals surface area contributed by atoms with Crippen molar-refractivity contribution in [3.8, 4) is 11.4 Å². The first-order chi connectivity index (χ1) is 11.2. The molecule has 3 aromatic rings. The van der Waals surface area contributed by atoms with Gasteiger partial charge in [-0.15, -0.1) is 10.2 Å². The lowest BCUT2D eigenvalue weighted by Crippen LogP contribution is -2.25. The first-order valence-corrected chi connectivity index (χ1v) is 7.58. The summed E-state index contributed by atoms with van der Waals surface area (Å²) in [6.07, 6.45) is 3.99. The second-order valence-electron chi connectivity index (χ2n) is 5.64. The summed E-state index contributed by atoms with van der Waals surface area (Å²) in [5, 5.41) is 18.1. The topological polar surface area (TPSA) is 93.4 Å². The first kappa shape index (κ1) is 13.7. The molecule has 0 spiro atoms. The number of amides is 1. The van der Waals surface area contributed by atoms with Crippen molar-refractivity contribution in [3.05, 3.63) is 41.7 Å². The van der Waals surface area contributed by atoms with Crippen molar-refractivity contribution in [3.63, 3.8) is 0 Å². The minimum absolute atomic E-state index is 0.201. The molecule has 118 valence electrons. The molecule has 0 aliphatic carbocycles. The van der Waals surface area contributed by atoms with Gasteiger partial charge in [0.25, 0.3) is 5.91 Å². The van der Waals surface area contributed by atoms with Crippen LogP contribution in [-0.4, -0.2) is 35.4 Å². The molecule has 0 radical (unpaired) electrons. The maximum absolute atomic E-state index is 12.3. The van der Waals surface area contributed by atoms with Crippen LogP contribution in [0.4, 0.5) is 0 Å². The second-order valence-corrected chi connectivity index (χ2v) is 5.64. The molecule has 0 aromatic carbocycles. The van der Waals surface area contributed by atoms with Crippen molar-refractivity contribution in [2.24, 2.45) is 7.05 Å². The largest absolute Gasteiger partial charge is 0.349 e. The Bertz CT molecular complexity index is 857. The lowest BCUT2D eigenvalue weighted by Gasteiger charge is -2.04. The fraction of sp³-hybridized carbons (Fsp3) is 0.333. The SMILES string of the molecule is Cn1cccc1-c1cc(C(=O)NCc2nnc3n2CCC3)[nH]n1. The molecule has 4 rings (SSSR count). The van der Waals surface area contributed by atoms with Gasteiger partial charge in [0.2, 0.25) is 0 Å². The highest BCUT2D eigenvalue weighted by Crippen LogP contribution is 2.17. The number of carbonyl (C=O) groups is 1. The van der Waals surface area contributed by atoms with Crippen LogP contribution in [0, 0.1) is 0 Å². The van der Waals surface area contributed by atoms with Crippen LogP contribution in [0.3, 0.4) is 0 Å². The normalized spacial score (nSPS) is 13.3. The number of hydrogen-bond donors (Lipinski definition) is 2. The van der Waals surface area contributed by atoms with Crippen molar-refractivity contribution < 1.29 is 4.79 Å². The predicted octanol–water partition coefficient (Wildman–Crippen LogP) is 0.883. The van der Waals surface area contributed by atoms with Gasteiger partial charge < -0.3 is 14.5 Å². The molecular weight excluding hydrogens is 294 g/mol. The molecule has 0 bridgehead atoms. The average molecular weight is 311 g/mol. The number of hydrogen-bond acceptors (Lipinski definition) is 4. The number of rotatable bonds is 4. The number of fused-ring (bicyclic) bond motifs is 1. The third kappa shape index (κ3) is 2.41. The van der Waals surface area contributed by atoms with Crippen molar-refractivity contribution in [2.45, 2.75) is 25.9 Å². The molecular formula is C15H17N7O. The van der Waals surface area contributed by atoms with Crippen LogP contribution >= 0.6 is 0 Å². The highest BCUT2D eigenvalue weighted by Gasteiger charge is 2.18. The van der Waals surface area contributed by atoms with E-state index in [2.05, 4.69) is 30.3 Å². The van der Waals surface area contributed by atoms with Gasteiger partial charge in [-0.2, -0.15) is 5.10 Å². The van der Waals surface area contributed by atoms with Gasteiger partial charge in [-0.3, -0.25) is 9.89 Å². The third-order valence-electron chi connectivity index (χ3n) is 4.12. The molecule has 3 aromatic heterocycles. The number of nitrogens with one attached hydrogen (secondary N) is 2. The van der Waals surface area contributed by atoms with Crippen LogP contribution in [0.2, 0.25) is 0 Å². The van der Waals surface area contributed by atoms with Crippen molar-refractivity contribution in [1.29, 1.82) is 0 Å². The lowest BCUT2D eigenvalue weighted by molar-refractivity contribution is 0.0944. The van der Waals surface area contributed by atoms with Gasteiger partial charge in [0.1, 0.15) is 17.2 Å². The molecule has 2 N–H and O–H groups in total. The van der Waals surface area contributed by atoms with Crippen molar-refractivity contribution in [1.82, 2.24) is 34.8 Å². The number of aromatic nitrogens is 6. The quantitative estimate of drug-likeness (QED) is 0.748. The summed E-state index contributed by atoms with van der Waals surface area (Å²) in [5.74, 6) is 1.60. The highest BCUT2D eigenvalue weighted by atomic mass is 16.1. The summed E-state index contributed by atoms with van der Waals surface area (Å²) in [6.45, 7) is 1.29. The fourth-order valence-electron chi connectivity index (χ4n) is 2.89. The van der Waals surface area contributed by atoms with Crippen LogP contribution in [-0.2, 0) is 26.6 Å². The fourth-order valence-corrected chi connectivity index (χ4v) is 2.89. The molecule has 1 aliphatic heterocycles. The van der Waals surface area contributed by atoms with E-state index in [-0.39, 0.29) is 5.91 Å². The number of H-pyrrole nitrogens is 1. The zero-order valence-corrected chi connectivity index (χ0v) is 12.8. The summed E-state index contributed by atoms with van der Waals surface area (Å²) in [5.41, 5.74) is 2.13. The van der Waals surface area contributed by atoms with E-state index in [0.717, 1.165) is 42.4 Å². The Morgan fingerprint density at radius 1 is 1.43 bits per heavy atom. The standard InChI is InChI=1S/C15H17N7O/c1-21-6-2-4-12(21)10-8-11(18-17-10)15(23)16-9-14-20-19-13-5-3-7-22(13)14/h2,4,6,8H,3,5,7,9H2,1H3,(H,16,23)(H,17,18). The van der Waals surface area contributed by atoms with Crippen LogP contribution < -0.4 is 5.32 Å². The van der Waals surface area contributed by atoms with E-state index in [9.17, 15) is 4.79 Å². The van der Waals surface area contributed by atoms with E-state index in [1.807, 2.05) is 29.9 Å². The van der Waals surface area contributed by atoms with Crippen LogP contribution in [0.5, 0.6) is 0 Å². The van der Waals surface area contributed by atoms with E-state index >= 15 is 0 Å². The van der Waals surface area contributed by atoms with Gasteiger partial charge >= 0.3 is 0 Å². The monoisotopic (exact) mass is 311 g/mol. The third-order valence-corrected chi connectivity index (χ3v) is 4.12. The number of carbonyl (C=O) groups excluding carboxylic acids is 1. The number of aryl methyl sites for hydroxylation is 2. The smallest absolute Gasteiger partial charge is 0.269 e. The van der Waals surface area contributed by atoms with E-state index in [1.54, 1.807) is 6.07 Å². The van der Waals surface area contributed by atoms with Crippen LogP contribution in [0.15, 0.2) is 24.4 Å². The Balaban J connectivity index is 1.45. The Kier molecular flexibility index (Phi) is 3.22. The number of aromatic amines is 1. The molecule has 1 aliphatic rings. The van der Waals surface area contributed by atoms with E-state index in [4.69, 9.17) is 0 Å². The average Bonchev–Trinajstić information content (AvgIpc) is 3.29. The number of nitrogens with zero attached hydrogens (tertiary/aromatic N) is 5. The van der Waals surface area contributed by atoms with Gasteiger partial charge in [0, 0.05) is 26.2 Å². The molecule has 0 saturated heterocycles. The summed E-state index contributed by atoms with van der Waals surface area (Å²) >= 11 is 0. The summed E-state index contributed by atoms with van der Waals surface area (Å²) in [6, 6.07) is 5.64. The lowest BCUT2D eigenvalue weighted by atomic mass is 10.3. The van der Waals surface area contributed by atoms with Crippen molar-refractivity contribution in [2.75, 3.05) is 0 Å². The van der Waals surface area contributed by atoms with Gasteiger partial charge in [0.15, 0.2) is 5.82 Å². The second kappa shape index (κ2) is 5.38. The van der Waals surface area contributed by atoms with Crippen molar-refractivity contribution >= 4 is 5.91 Å². The molecule has 0 saturated carbocycles. The Morgan fingerprint density at radius 3 is 3.17 bits per heavy atom. The van der Waals surface area contributed by atoms with E-state index in [1.165, 1.54) is 0 Å². The van der Waals surface area contributed by atoms with E-state index < -0.39 is 0 Å². The molecule has 4 heterocycles. The maximum Gasteiger partial charge on any atom is 0.269 e. The van der Waals surface area contributed by atoms with Gasteiger partial charge in [0.05, 0.1) is 12.2 Å². The molecule has 8 nitrogen and oxygen atoms in total. The first-order valence-electron chi connectivity index (χ1n) is 7.58. The summed E-state index contributed by atoms with van der Waals surface area (Å²) in [7, 11) is 1.94. The van der Waals surface area contributed by atoms with Gasteiger partial charge in [-0.05, 0) is 24.6 Å².